The molecule has 146 valence electrons. The lowest BCUT2D eigenvalue weighted by atomic mass is 10.2. The van der Waals surface area contributed by atoms with Crippen LogP contribution in [0.3, 0.4) is 0 Å². The smallest absolute Gasteiger partial charge is 0.260 e. The number of nitrogens with one attached hydrogen (secondary N) is 3. The van der Waals surface area contributed by atoms with Gasteiger partial charge in [-0.05, 0) is 37.0 Å². The highest BCUT2D eigenvalue weighted by molar-refractivity contribution is 7.18. The Labute approximate surface area is 173 Å². The van der Waals surface area contributed by atoms with Gasteiger partial charge in [0.2, 0.25) is 0 Å². The Morgan fingerprint density at radius 1 is 1.11 bits per heavy atom. The minimum atomic E-state index is 0.0593. The van der Waals surface area contributed by atoms with Gasteiger partial charge in [-0.1, -0.05) is 23.7 Å². The second-order valence-electron chi connectivity index (χ2n) is 8.03. The summed E-state index contributed by atoms with van der Waals surface area (Å²) in [5, 5.41) is 1.66. The molecule has 0 amide bonds. The molecule has 3 aromatic rings. The monoisotopic (exact) mass is 416 g/mol. The van der Waals surface area contributed by atoms with Gasteiger partial charge >= 0.3 is 0 Å². The Kier molecular flexibility index (Phi) is 4.97. The fourth-order valence-electron chi connectivity index (χ4n) is 4.61. The van der Waals surface area contributed by atoms with E-state index in [2.05, 4.69) is 17.1 Å². The van der Waals surface area contributed by atoms with E-state index in [1.807, 2.05) is 12.1 Å². The highest BCUT2D eigenvalue weighted by atomic mass is 35.5. The summed E-state index contributed by atoms with van der Waals surface area (Å²) in [6, 6.07) is 8.17. The number of fused-ring (bicyclic) bond motifs is 3. The van der Waals surface area contributed by atoms with Gasteiger partial charge in [0.05, 0.1) is 5.39 Å². The van der Waals surface area contributed by atoms with Crippen LogP contribution in [-0.4, -0.2) is 36.1 Å². The third kappa shape index (κ3) is 3.62. The summed E-state index contributed by atoms with van der Waals surface area (Å²) >= 11 is 7.83. The van der Waals surface area contributed by atoms with E-state index in [-0.39, 0.29) is 5.56 Å². The molecule has 5 nitrogen and oxygen atoms in total. The molecule has 0 bridgehead atoms. The average Bonchev–Trinajstić information content (AvgIpc) is 3.24. The first kappa shape index (κ1) is 18.3. The normalized spacial score (nSPS) is 21.9. The van der Waals surface area contributed by atoms with Crippen molar-refractivity contribution < 1.29 is 9.80 Å². The van der Waals surface area contributed by atoms with Gasteiger partial charge in [-0.3, -0.25) is 4.79 Å². The van der Waals surface area contributed by atoms with Crippen molar-refractivity contribution in [3.63, 3.8) is 0 Å². The Balaban J connectivity index is 1.24. The zero-order valence-electron chi connectivity index (χ0n) is 15.8. The summed E-state index contributed by atoms with van der Waals surface area (Å²) in [6.07, 6.45) is 3.31. The van der Waals surface area contributed by atoms with Gasteiger partial charge in [-0.15, -0.1) is 11.3 Å². The number of piperazine rings is 1. The number of halogens is 1. The van der Waals surface area contributed by atoms with Gasteiger partial charge in [0.1, 0.15) is 44.1 Å². The van der Waals surface area contributed by atoms with Crippen molar-refractivity contribution >= 4 is 33.2 Å². The summed E-state index contributed by atoms with van der Waals surface area (Å²) in [4.78, 5) is 25.9. The maximum absolute atomic E-state index is 12.6. The van der Waals surface area contributed by atoms with Crippen LogP contribution in [-0.2, 0) is 25.9 Å². The van der Waals surface area contributed by atoms with E-state index in [9.17, 15) is 4.79 Å². The summed E-state index contributed by atoms with van der Waals surface area (Å²) < 4.78 is 0. The molecule has 0 radical (unpaired) electrons. The molecule has 5 rings (SSSR count). The first-order chi connectivity index (χ1) is 13.7. The number of nitrogens with zero attached hydrogens (tertiary/aromatic N) is 1. The summed E-state index contributed by atoms with van der Waals surface area (Å²) in [6.45, 7) is 6.27. The molecular formula is C21H25ClN4OS+2. The molecule has 2 aromatic heterocycles. The van der Waals surface area contributed by atoms with E-state index in [0.717, 1.165) is 73.2 Å². The molecule has 0 atom stereocenters. The molecule has 1 saturated heterocycles. The van der Waals surface area contributed by atoms with Crippen molar-refractivity contribution in [2.24, 2.45) is 0 Å². The molecule has 1 aromatic carbocycles. The van der Waals surface area contributed by atoms with Gasteiger partial charge in [-0.2, -0.15) is 0 Å². The molecule has 3 N–H and O–H groups in total. The first-order valence-corrected chi connectivity index (χ1v) is 11.3. The van der Waals surface area contributed by atoms with Gasteiger partial charge in [0.25, 0.3) is 5.56 Å². The number of quaternary nitrogens is 2. The lowest BCUT2D eigenvalue weighted by Gasteiger charge is -2.29. The van der Waals surface area contributed by atoms with E-state index in [4.69, 9.17) is 16.6 Å². The van der Waals surface area contributed by atoms with Crippen LogP contribution in [0.2, 0.25) is 5.02 Å². The Morgan fingerprint density at radius 2 is 1.89 bits per heavy atom. The van der Waals surface area contributed by atoms with Gasteiger partial charge in [0, 0.05) is 15.5 Å². The molecular weight excluding hydrogens is 392 g/mol. The van der Waals surface area contributed by atoms with Crippen molar-refractivity contribution in [3.05, 3.63) is 61.5 Å². The van der Waals surface area contributed by atoms with E-state index in [0.29, 0.717) is 0 Å². The van der Waals surface area contributed by atoms with Gasteiger partial charge in [-0.25, -0.2) is 4.98 Å². The number of aryl methyl sites for hydroxylation is 2. The van der Waals surface area contributed by atoms with Crippen molar-refractivity contribution in [3.8, 4) is 0 Å². The first-order valence-electron chi connectivity index (χ1n) is 10.1. The number of aromatic nitrogens is 2. The second-order valence-corrected chi connectivity index (χ2v) is 9.55. The highest BCUT2D eigenvalue weighted by Crippen LogP contribution is 2.34. The molecule has 2 aliphatic rings. The van der Waals surface area contributed by atoms with Crippen LogP contribution >= 0.6 is 22.9 Å². The number of benzene rings is 1. The summed E-state index contributed by atoms with van der Waals surface area (Å²) in [5.74, 6) is 0.839. The standard InChI is InChI=1S/C21H23ClN4OS/c22-15-4-1-3-14(11-15)12-25-7-9-26(10-8-25)13-18-23-20(27)19-16-5-2-6-17(16)28-21(19)24-18/h1,3-4,11H,2,5-10,12-13H2,(H,23,24,27)/p+2. The largest absolute Gasteiger partial charge is 0.322 e. The summed E-state index contributed by atoms with van der Waals surface area (Å²) in [5.41, 5.74) is 2.61. The minimum absolute atomic E-state index is 0.0593. The molecule has 28 heavy (non-hydrogen) atoms. The number of thiophene rings is 1. The maximum atomic E-state index is 12.6. The molecule has 3 heterocycles. The molecule has 1 fully saturated rings. The quantitative estimate of drug-likeness (QED) is 0.583. The molecule has 0 saturated carbocycles. The van der Waals surface area contributed by atoms with Crippen LogP contribution in [0.4, 0.5) is 0 Å². The van der Waals surface area contributed by atoms with E-state index >= 15 is 0 Å². The third-order valence-corrected chi connectivity index (χ3v) is 7.47. The van der Waals surface area contributed by atoms with Crippen LogP contribution in [0.1, 0.15) is 28.2 Å². The van der Waals surface area contributed by atoms with Crippen LogP contribution in [0.5, 0.6) is 0 Å². The van der Waals surface area contributed by atoms with Crippen molar-refractivity contribution in [2.75, 3.05) is 26.2 Å². The molecule has 1 aliphatic carbocycles. The van der Waals surface area contributed by atoms with Crippen molar-refractivity contribution in [1.82, 2.24) is 9.97 Å². The maximum Gasteiger partial charge on any atom is 0.260 e. The van der Waals surface area contributed by atoms with E-state index < -0.39 is 0 Å². The van der Waals surface area contributed by atoms with E-state index in [1.165, 1.54) is 27.3 Å². The number of H-pyrrole nitrogens is 1. The predicted octanol–water partition coefficient (Wildman–Crippen LogP) is 0.610. The van der Waals surface area contributed by atoms with Gasteiger partial charge < -0.3 is 14.8 Å². The highest BCUT2D eigenvalue weighted by Gasteiger charge is 2.25. The molecule has 0 unspecified atom stereocenters. The van der Waals surface area contributed by atoms with Crippen LogP contribution in [0.25, 0.3) is 10.2 Å². The second kappa shape index (κ2) is 7.59. The predicted molar refractivity (Wildman–Crippen MR) is 113 cm³/mol. The average molecular weight is 417 g/mol. The Hall–Kier alpha value is -1.73. The zero-order chi connectivity index (χ0) is 19.1. The number of hydrogen-bond acceptors (Lipinski definition) is 3. The van der Waals surface area contributed by atoms with Crippen molar-refractivity contribution in [2.45, 2.75) is 32.4 Å². The lowest BCUT2D eigenvalue weighted by Crippen LogP contribution is -3.27. The number of aromatic amines is 1. The number of rotatable bonds is 4. The zero-order valence-corrected chi connectivity index (χ0v) is 17.4. The fourth-order valence-corrected chi connectivity index (χ4v) is 6.11. The molecule has 0 spiro atoms. The molecule has 1 aliphatic heterocycles. The minimum Gasteiger partial charge on any atom is -0.322 e. The fraction of sp³-hybridized carbons (Fsp3) is 0.429. The van der Waals surface area contributed by atoms with Crippen molar-refractivity contribution in [1.29, 1.82) is 0 Å². The summed E-state index contributed by atoms with van der Waals surface area (Å²) in [7, 11) is 0. The topological polar surface area (TPSA) is 54.6 Å². The molecule has 7 heteroatoms. The van der Waals surface area contributed by atoms with E-state index in [1.54, 1.807) is 16.2 Å². The third-order valence-electron chi connectivity index (χ3n) is 6.05. The Bertz CT molecular complexity index is 1070. The SMILES string of the molecule is O=c1[nH]c(C[NH+]2CC[NH+](Cc3cccc(Cl)c3)CC2)nc2sc3c(c12)CCC3. The number of hydrogen-bond donors (Lipinski definition) is 3. The van der Waals surface area contributed by atoms with Crippen LogP contribution < -0.4 is 15.4 Å². The van der Waals surface area contributed by atoms with Crippen LogP contribution in [0.15, 0.2) is 29.1 Å². The Morgan fingerprint density at radius 3 is 2.68 bits per heavy atom. The van der Waals surface area contributed by atoms with Crippen LogP contribution in [0, 0.1) is 0 Å². The lowest BCUT2D eigenvalue weighted by molar-refractivity contribution is -1.02. The van der Waals surface area contributed by atoms with Gasteiger partial charge in [0.15, 0.2) is 5.82 Å².